The highest BCUT2D eigenvalue weighted by Gasteiger charge is 2.13. The first-order valence-corrected chi connectivity index (χ1v) is 9.43. The van der Waals surface area contributed by atoms with Gasteiger partial charge in [-0.3, -0.25) is 5.32 Å². The van der Waals surface area contributed by atoms with Crippen molar-refractivity contribution < 1.29 is 19.1 Å². The Hall–Kier alpha value is -2.30. The predicted molar refractivity (Wildman–Crippen MR) is 102 cm³/mol. The van der Waals surface area contributed by atoms with Crippen molar-refractivity contribution in [2.45, 2.75) is 64.9 Å². The molecule has 0 aliphatic heterocycles. The van der Waals surface area contributed by atoms with Crippen molar-refractivity contribution >= 4 is 12.1 Å². The van der Waals surface area contributed by atoms with E-state index in [1.807, 2.05) is 30.3 Å². The molecule has 0 heterocycles. The van der Waals surface area contributed by atoms with Gasteiger partial charge in [0.15, 0.2) is 0 Å². The Bertz CT molecular complexity index is 554. The fourth-order valence-electron chi connectivity index (χ4n) is 2.51. The Morgan fingerprint density at radius 3 is 2.31 bits per heavy atom. The first-order valence-electron chi connectivity index (χ1n) is 9.43. The van der Waals surface area contributed by atoms with Crippen LogP contribution >= 0.6 is 0 Å². The van der Waals surface area contributed by atoms with Gasteiger partial charge in [-0.25, -0.2) is 9.59 Å². The Morgan fingerprint density at radius 2 is 1.65 bits per heavy atom. The van der Waals surface area contributed by atoms with Crippen LogP contribution in [0.4, 0.5) is 4.79 Å². The van der Waals surface area contributed by atoms with E-state index in [0.717, 1.165) is 24.8 Å². The summed E-state index contributed by atoms with van der Waals surface area (Å²) in [5.74, 6) is -0.565. The standard InChI is InChI=1S/C21H31NO4/c1-3-4-5-6-7-8-9-13-16-19(20(23)25-2)22-21(24)26-17-18-14-11-10-12-15-18/h10-12,14-16H,3-9,13,17H2,1-2H3,(H,22,24)/b19-16-. The molecule has 1 aromatic carbocycles. The van der Waals surface area contributed by atoms with E-state index in [1.54, 1.807) is 6.08 Å². The van der Waals surface area contributed by atoms with Gasteiger partial charge in [-0.05, 0) is 18.4 Å². The van der Waals surface area contributed by atoms with Gasteiger partial charge in [0.05, 0.1) is 7.11 Å². The number of carbonyl (C=O) groups excluding carboxylic acids is 2. The zero-order valence-electron chi connectivity index (χ0n) is 16.0. The number of allylic oxidation sites excluding steroid dienone is 1. The quantitative estimate of drug-likeness (QED) is 0.319. The molecule has 0 saturated heterocycles. The van der Waals surface area contributed by atoms with Crippen molar-refractivity contribution in [1.82, 2.24) is 5.32 Å². The van der Waals surface area contributed by atoms with Crippen molar-refractivity contribution in [1.29, 1.82) is 0 Å². The number of hydrogen-bond donors (Lipinski definition) is 1. The maximum absolute atomic E-state index is 11.9. The van der Waals surface area contributed by atoms with Gasteiger partial charge in [0.1, 0.15) is 12.3 Å². The number of methoxy groups -OCH3 is 1. The molecule has 1 N–H and O–H groups in total. The minimum Gasteiger partial charge on any atom is -0.464 e. The molecule has 0 saturated carbocycles. The summed E-state index contributed by atoms with van der Waals surface area (Å²) in [5, 5.41) is 2.48. The molecule has 0 spiro atoms. The molecule has 5 heteroatoms. The fourth-order valence-corrected chi connectivity index (χ4v) is 2.51. The summed E-state index contributed by atoms with van der Waals surface area (Å²) < 4.78 is 9.86. The average Bonchev–Trinajstić information content (AvgIpc) is 2.67. The van der Waals surface area contributed by atoms with E-state index in [9.17, 15) is 9.59 Å². The summed E-state index contributed by atoms with van der Waals surface area (Å²) in [5.41, 5.74) is 1.02. The Kier molecular flexibility index (Phi) is 11.6. The van der Waals surface area contributed by atoms with Gasteiger partial charge in [0, 0.05) is 0 Å². The Morgan fingerprint density at radius 1 is 1.00 bits per heavy atom. The van der Waals surface area contributed by atoms with Gasteiger partial charge in [-0.2, -0.15) is 0 Å². The zero-order valence-corrected chi connectivity index (χ0v) is 16.0. The van der Waals surface area contributed by atoms with Gasteiger partial charge >= 0.3 is 12.1 Å². The molecule has 0 aliphatic rings. The van der Waals surface area contributed by atoms with E-state index in [4.69, 9.17) is 9.47 Å². The number of benzene rings is 1. The third-order valence-corrected chi connectivity index (χ3v) is 4.01. The van der Waals surface area contributed by atoms with Crippen LogP contribution in [-0.2, 0) is 20.9 Å². The highest BCUT2D eigenvalue weighted by atomic mass is 16.6. The van der Waals surface area contributed by atoms with Crippen molar-refractivity contribution in [2.24, 2.45) is 0 Å². The van der Waals surface area contributed by atoms with E-state index in [0.29, 0.717) is 0 Å². The van der Waals surface area contributed by atoms with Crippen molar-refractivity contribution in [3.05, 3.63) is 47.7 Å². The van der Waals surface area contributed by atoms with Crippen LogP contribution in [0.1, 0.15) is 63.9 Å². The SMILES string of the molecule is CCCCCCCCC/C=C(\NC(=O)OCc1ccccc1)C(=O)OC. The fraction of sp³-hybridized carbons (Fsp3) is 0.524. The number of carbonyl (C=O) groups is 2. The molecule has 0 aliphatic carbocycles. The van der Waals surface area contributed by atoms with Crippen molar-refractivity contribution in [3.63, 3.8) is 0 Å². The molecule has 0 aromatic heterocycles. The first-order chi connectivity index (χ1) is 12.7. The monoisotopic (exact) mass is 361 g/mol. The molecule has 144 valence electrons. The lowest BCUT2D eigenvalue weighted by Crippen LogP contribution is -2.28. The Balaban J connectivity index is 2.35. The Labute approximate surface area is 156 Å². The maximum Gasteiger partial charge on any atom is 0.412 e. The number of nitrogens with one attached hydrogen (secondary N) is 1. The average molecular weight is 361 g/mol. The van der Waals surface area contributed by atoms with Crippen LogP contribution in [-0.4, -0.2) is 19.2 Å². The molecule has 1 aromatic rings. The van der Waals surface area contributed by atoms with Crippen molar-refractivity contribution in [3.8, 4) is 0 Å². The van der Waals surface area contributed by atoms with Crippen LogP contribution in [0.5, 0.6) is 0 Å². The maximum atomic E-state index is 11.9. The van der Waals surface area contributed by atoms with E-state index < -0.39 is 12.1 Å². The van der Waals surface area contributed by atoms with Gasteiger partial charge in [0.25, 0.3) is 0 Å². The molecule has 1 amide bonds. The molecule has 1 rings (SSSR count). The van der Waals surface area contributed by atoms with Crippen LogP contribution < -0.4 is 5.32 Å². The van der Waals surface area contributed by atoms with Crippen LogP contribution in [0.2, 0.25) is 0 Å². The van der Waals surface area contributed by atoms with Gasteiger partial charge in [-0.1, -0.05) is 81.9 Å². The predicted octanol–water partition coefficient (Wildman–Crippen LogP) is 5.11. The number of alkyl carbamates (subject to hydrolysis) is 1. The van der Waals surface area contributed by atoms with E-state index in [1.165, 1.54) is 39.2 Å². The molecule has 0 atom stereocenters. The number of hydrogen-bond acceptors (Lipinski definition) is 4. The number of rotatable bonds is 12. The minimum atomic E-state index is -0.662. The van der Waals surface area contributed by atoms with Crippen LogP contribution in [0.3, 0.4) is 0 Å². The summed E-state index contributed by atoms with van der Waals surface area (Å²) in [4.78, 5) is 23.7. The zero-order chi connectivity index (χ0) is 19.0. The summed E-state index contributed by atoms with van der Waals surface area (Å²) >= 11 is 0. The second kappa shape index (κ2) is 13.9. The summed E-state index contributed by atoms with van der Waals surface area (Å²) in [6.45, 7) is 2.36. The first kappa shape index (κ1) is 21.7. The van der Waals surface area contributed by atoms with Crippen LogP contribution in [0.25, 0.3) is 0 Å². The lowest BCUT2D eigenvalue weighted by atomic mass is 10.1. The van der Waals surface area contributed by atoms with Crippen LogP contribution in [0.15, 0.2) is 42.1 Å². The van der Waals surface area contributed by atoms with Crippen molar-refractivity contribution in [2.75, 3.05) is 7.11 Å². The van der Waals surface area contributed by atoms with Gasteiger partial charge in [0.2, 0.25) is 0 Å². The molecule has 0 radical (unpaired) electrons. The smallest absolute Gasteiger partial charge is 0.412 e. The lowest BCUT2D eigenvalue weighted by molar-refractivity contribution is -0.136. The van der Waals surface area contributed by atoms with Gasteiger partial charge < -0.3 is 9.47 Å². The number of unbranched alkanes of at least 4 members (excludes halogenated alkanes) is 7. The lowest BCUT2D eigenvalue weighted by Gasteiger charge is -2.09. The van der Waals surface area contributed by atoms with E-state index >= 15 is 0 Å². The topological polar surface area (TPSA) is 64.6 Å². The molecular formula is C21H31NO4. The summed E-state index contributed by atoms with van der Waals surface area (Å²) in [6.07, 6.45) is 10.1. The second-order valence-corrected chi connectivity index (χ2v) is 6.21. The highest BCUT2D eigenvalue weighted by molar-refractivity contribution is 5.92. The highest BCUT2D eigenvalue weighted by Crippen LogP contribution is 2.10. The number of esters is 1. The number of ether oxygens (including phenoxy) is 2. The summed E-state index contributed by atoms with van der Waals surface area (Å²) in [7, 11) is 1.29. The molecule has 5 nitrogen and oxygen atoms in total. The molecule has 26 heavy (non-hydrogen) atoms. The van der Waals surface area contributed by atoms with Crippen LogP contribution in [0, 0.1) is 0 Å². The second-order valence-electron chi connectivity index (χ2n) is 6.21. The molecular weight excluding hydrogens is 330 g/mol. The molecule has 0 fully saturated rings. The third-order valence-electron chi connectivity index (χ3n) is 4.01. The largest absolute Gasteiger partial charge is 0.464 e. The number of amides is 1. The molecule has 0 unspecified atom stereocenters. The minimum absolute atomic E-state index is 0.136. The molecule has 0 bridgehead atoms. The van der Waals surface area contributed by atoms with E-state index in [2.05, 4.69) is 12.2 Å². The summed E-state index contributed by atoms with van der Waals surface area (Å²) in [6, 6.07) is 9.37. The normalized spacial score (nSPS) is 11.1. The van der Waals surface area contributed by atoms with Gasteiger partial charge in [-0.15, -0.1) is 0 Å². The third kappa shape index (κ3) is 9.87. The van der Waals surface area contributed by atoms with E-state index in [-0.39, 0.29) is 12.3 Å².